The van der Waals surface area contributed by atoms with Crippen LogP contribution in [0.3, 0.4) is 0 Å². The van der Waals surface area contributed by atoms with E-state index in [1.165, 1.54) is 19.3 Å². The molecule has 9 heavy (non-hydrogen) atoms. The van der Waals surface area contributed by atoms with E-state index in [9.17, 15) is 0 Å². The molecule has 1 aliphatic rings. The molecule has 0 aromatic rings. The van der Waals surface area contributed by atoms with Crippen LogP contribution in [0, 0.1) is 0 Å². The van der Waals surface area contributed by atoms with Crippen molar-refractivity contribution < 1.29 is 0 Å². The molecule has 0 aliphatic carbocycles. The highest BCUT2D eigenvalue weighted by Gasteiger charge is 2.15. The van der Waals surface area contributed by atoms with E-state index in [1.807, 2.05) is 0 Å². The maximum Gasteiger partial charge on any atom is 0.0216 e. The fourth-order valence-electron chi connectivity index (χ4n) is 1.33. The van der Waals surface area contributed by atoms with Crippen LogP contribution in [0.4, 0.5) is 0 Å². The summed E-state index contributed by atoms with van der Waals surface area (Å²) in [5.41, 5.74) is 5.70. The van der Waals surface area contributed by atoms with Crippen molar-refractivity contribution >= 4 is 0 Å². The highest BCUT2D eigenvalue weighted by Crippen LogP contribution is 2.08. The molecule has 2 unspecified atom stereocenters. The molecule has 0 radical (unpaired) electrons. The Labute approximate surface area is 56.8 Å². The molecule has 2 atom stereocenters. The SMILES string of the molecule is CC(N)C1CCCCN1. The van der Waals surface area contributed by atoms with Crippen molar-refractivity contribution in [3.63, 3.8) is 0 Å². The van der Waals surface area contributed by atoms with Crippen LogP contribution in [-0.2, 0) is 0 Å². The van der Waals surface area contributed by atoms with Crippen molar-refractivity contribution in [2.45, 2.75) is 38.3 Å². The number of nitrogens with two attached hydrogens (primary N) is 1. The predicted octanol–water partition coefficient (Wildman–Crippen LogP) is 0.476. The first-order valence-corrected chi connectivity index (χ1v) is 3.79. The Morgan fingerprint density at radius 3 is 2.67 bits per heavy atom. The van der Waals surface area contributed by atoms with Crippen molar-refractivity contribution in [3.05, 3.63) is 0 Å². The van der Waals surface area contributed by atoms with Crippen LogP contribution in [0.15, 0.2) is 0 Å². The highest BCUT2D eigenvalue weighted by molar-refractivity contribution is 4.78. The Morgan fingerprint density at radius 2 is 2.33 bits per heavy atom. The molecule has 54 valence electrons. The average Bonchev–Trinajstić information content (AvgIpc) is 1.90. The normalized spacial score (nSPS) is 32.0. The third kappa shape index (κ3) is 1.95. The molecular formula is C7H16N2. The van der Waals surface area contributed by atoms with Crippen LogP contribution in [0.2, 0.25) is 0 Å². The fourth-order valence-corrected chi connectivity index (χ4v) is 1.33. The predicted molar refractivity (Wildman–Crippen MR) is 39.3 cm³/mol. The van der Waals surface area contributed by atoms with Gasteiger partial charge in [-0.1, -0.05) is 6.42 Å². The van der Waals surface area contributed by atoms with Crippen LogP contribution in [0.5, 0.6) is 0 Å². The minimum atomic E-state index is 0.324. The average molecular weight is 128 g/mol. The molecule has 1 heterocycles. The Bertz CT molecular complexity index is 75.0. The van der Waals surface area contributed by atoms with E-state index in [0.29, 0.717) is 12.1 Å². The number of nitrogens with one attached hydrogen (secondary N) is 1. The summed E-state index contributed by atoms with van der Waals surface area (Å²) in [7, 11) is 0. The van der Waals surface area contributed by atoms with Crippen LogP contribution < -0.4 is 11.1 Å². The van der Waals surface area contributed by atoms with Crippen LogP contribution >= 0.6 is 0 Å². The molecule has 1 saturated heterocycles. The lowest BCUT2D eigenvalue weighted by atomic mass is 10.00. The molecule has 1 rings (SSSR count). The van der Waals surface area contributed by atoms with Crippen molar-refractivity contribution in [3.8, 4) is 0 Å². The topological polar surface area (TPSA) is 38.0 Å². The van der Waals surface area contributed by atoms with E-state index in [-0.39, 0.29) is 0 Å². The van der Waals surface area contributed by atoms with Gasteiger partial charge in [0.25, 0.3) is 0 Å². The van der Waals surface area contributed by atoms with Crippen molar-refractivity contribution in [1.82, 2.24) is 5.32 Å². The standard InChI is InChI=1S/C7H16N2/c1-6(8)7-4-2-3-5-9-7/h6-7,9H,2-5,8H2,1H3. The van der Waals surface area contributed by atoms with Gasteiger partial charge in [0.05, 0.1) is 0 Å². The van der Waals surface area contributed by atoms with Gasteiger partial charge in [-0.15, -0.1) is 0 Å². The zero-order valence-corrected chi connectivity index (χ0v) is 6.06. The summed E-state index contributed by atoms with van der Waals surface area (Å²) in [6, 6.07) is 0.907. The van der Waals surface area contributed by atoms with Gasteiger partial charge in [-0.25, -0.2) is 0 Å². The summed E-state index contributed by atoms with van der Waals surface area (Å²) in [4.78, 5) is 0. The Kier molecular flexibility index (Phi) is 2.49. The summed E-state index contributed by atoms with van der Waals surface area (Å²) in [6.07, 6.45) is 3.93. The summed E-state index contributed by atoms with van der Waals surface area (Å²) in [6.45, 7) is 3.23. The Morgan fingerprint density at radius 1 is 1.56 bits per heavy atom. The third-order valence-corrected chi connectivity index (χ3v) is 1.98. The molecule has 2 heteroatoms. The molecule has 2 nitrogen and oxygen atoms in total. The molecular weight excluding hydrogens is 112 g/mol. The first-order chi connectivity index (χ1) is 4.30. The molecule has 0 aromatic carbocycles. The molecule has 1 aliphatic heterocycles. The maximum absolute atomic E-state index is 5.70. The Hall–Kier alpha value is -0.0800. The molecule has 0 aromatic heterocycles. The summed E-state index contributed by atoms with van der Waals surface area (Å²) >= 11 is 0. The number of hydrogen-bond donors (Lipinski definition) is 2. The quantitative estimate of drug-likeness (QED) is 0.539. The second kappa shape index (κ2) is 3.18. The smallest absolute Gasteiger partial charge is 0.0216 e. The van der Waals surface area contributed by atoms with Crippen molar-refractivity contribution in [1.29, 1.82) is 0 Å². The van der Waals surface area contributed by atoms with Crippen molar-refractivity contribution in [2.24, 2.45) is 5.73 Å². The van der Waals surface area contributed by atoms with Gasteiger partial charge in [-0.2, -0.15) is 0 Å². The summed E-state index contributed by atoms with van der Waals surface area (Å²) in [5.74, 6) is 0. The lowest BCUT2D eigenvalue weighted by molar-refractivity contribution is 0.361. The second-order valence-corrected chi connectivity index (χ2v) is 2.92. The van der Waals surface area contributed by atoms with Gasteiger partial charge in [0, 0.05) is 12.1 Å². The van der Waals surface area contributed by atoms with Crippen LogP contribution in [0.25, 0.3) is 0 Å². The van der Waals surface area contributed by atoms with Gasteiger partial charge in [0.2, 0.25) is 0 Å². The van der Waals surface area contributed by atoms with Crippen LogP contribution in [0.1, 0.15) is 26.2 Å². The molecule has 0 saturated carbocycles. The minimum absolute atomic E-state index is 0.324. The van der Waals surface area contributed by atoms with Crippen molar-refractivity contribution in [2.75, 3.05) is 6.54 Å². The van der Waals surface area contributed by atoms with Gasteiger partial charge in [-0.05, 0) is 26.3 Å². The molecule has 0 spiro atoms. The lowest BCUT2D eigenvalue weighted by Gasteiger charge is -2.26. The highest BCUT2D eigenvalue weighted by atomic mass is 15.0. The summed E-state index contributed by atoms with van der Waals surface area (Å²) < 4.78 is 0. The lowest BCUT2D eigenvalue weighted by Crippen LogP contribution is -2.45. The zero-order chi connectivity index (χ0) is 6.69. The first-order valence-electron chi connectivity index (χ1n) is 3.79. The number of rotatable bonds is 1. The van der Waals surface area contributed by atoms with E-state index in [4.69, 9.17) is 5.73 Å². The number of piperidine rings is 1. The van der Waals surface area contributed by atoms with E-state index in [1.54, 1.807) is 0 Å². The van der Waals surface area contributed by atoms with Gasteiger partial charge >= 0.3 is 0 Å². The largest absolute Gasteiger partial charge is 0.327 e. The van der Waals surface area contributed by atoms with Gasteiger partial charge in [-0.3, -0.25) is 0 Å². The van der Waals surface area contributed by atoms with E-state index in [0.717, 1.165) is 6.54 Å². The molecule has 0 bridgehead atoms. The molecule has 3 N–H and O–H groups in total. The van der Waals surface area contributed by atoms with Gasteiger partial charge in [0.15, 0.2) is 0 Å². The zero-order valence-electron chi connectivity index (χ0n) is 6.06. The maximum atomic E-state index is 5.70. The fraction of sp³-hybridized carbons (Fsp3) is 1.00. The molecule has 0 amide bonds. The van der Waals surface area contributed by atoms with Crippen LogP contribution in [-0.4, -0.2) is 18.6 Å². The minimum Gasteiger partial charge on any atom is -0.327 e. The molecule has 1 fully saturated rings. The van der Waals surface area contributed by atoms with Gasteiger partial charge < -0.3 is 11.1 Å². The Balaban J connectivity index is 2.23. The van der Waals surface area contributed by atoms with E-state index >= 15 is 0 Å². The number of hydrogen-bond acceptors (Lipinski definition) is 2. The third-order valence-electron chi connectivity index (χ3n) is 1.98. The first kappa shape index (κ1) is 7.03. The van der Waals surface area contributed by atoms with Gasteiger partial charge in [0.1, 0.15) is 0 Å². The second-order valence-electron chi connectivity index (χ2n) is 2.92. The van der Waals surface area contributed by atoms with E-state index in [2.05, 4.69) is 12.2 Å². The van der Waals surface area contributed by atoms with E-state index < -0.39 is 0 Å². The summed E-state index contributed by atoms with van der Waals surface area (Å²) in [5, 5.41) is 3.39. The monoisotopic (exact) mass is 128 g/mol.